The van der Waals surface area contributed by atoms with E-state index in [1.54, 1.807) is 67.1 Å². The monoisotopic (exact) mass is 497 g/mol. The molecule has 0 amide bonds. The standard InChI is InChI=1S/C30H25FN2O4/c1-20-29(22-11-13-24(34)14-12-22)32-16-6-5-9-28(32)33(30(20)35)18-21-10-15-26(27(17-21)36-2)37-19-23-7-3-4-8-25(23)31/h3-17H,18-19H2,1-2H3/p+1. The molecule has 7 heteroatoms. The molecule has 3 aromatic carbocycles. The molecular formula is C30H26FN2O4+. The summed E-state index contributed by atoms with van der Waals surface area (Å²) < 4.78 is 29.0. The maximum absolute atomic E-state index is 14.0. The average molecular weight is 498 g/mol. The Kier molecular flexibility index (Phi) is 6.60. The van der Waals surface area contributed by atoms with E-state index in [0.717, 1.165) is 22.5 Å². The Balaban J connectivity index is 1.51. The zero-order chi connectivity index (χ0) is 25.9. The number of phenols is 1. The number of methoxy groups -OCH3 is 1. The van der Waals surface area contributed by atoms with Gasteiger partial charge >= 0.3 is 5.56 Å². The number of phenolic OH excluding ortho intramolecular Hbond substituents is 1. The predicted molar refractivity (Wildman–Crippen MR) is 139 cm³/mol. The van der Waals surface area contributed by atoms with Crippen LogP contribution in [0.2, 0.25) is 0 Å². The Labute approximate surface area is 213 Å². The number of ether oxygens (including phenoxy) is 2. The van der Waals surface area contributed by atoms with Crippen molar-refractivity contribution in [2.24, 2.45) is 0 Å². The van der Waals surface area contributed by atoms with Gasteiger partial charge in [0.2, 0.25) is 0 Å². The summed E-state index contributed by atoms with van der Waals surface area (Å²) in [7, 11) is 1.54. The van der Waals surface area contributed by atoms with Crippen LogP contribution in [0.3, 0.4) is 0 Å². The van der Waals surface area contributed by atoms with Gasteiger partial charge in [-0.2, -0.15) is 8.97 Å². The number of nitrogens with zero attached hydrogens (tertiary/aromatic N) is 2. The average Bonchev–Trinajstić information content (AvgIpc) is 2.92. The van der Waals surface area contributed by atoms with Gasteiger partial charge in [0, 0.05) is 17.2 Å². The number of hydrogen-bond acceptors (Lipinski definition) is 4. The molecule has 0 radical (unpaired) electrons. The highest BCUT2D eigenvalue weighted by molar-refractivity contribution is 5.61. The first kappa shape index (κ1) is 24.1. The zero-order valence-electron chi connectivity index (χ0n) is 20.5. The van der Waals surface area contributed by atoms with Crippen molar-refractivity contribution in [3.8, 4) is 28.5 Å². The molecule has 0 bridgehead atoms. The summed E-state index contributed by atoms with van der Waals surface area (Å²) in [4.78, 5) is 13.6. The lowest BCUT2D eigenvalue weighted by atomic mass is 10.1. The fraction of sp³-hybridized carbons (Fsp3) is 0.133. The van der Waals surface area contributed by atoms with Crippen LogP contribution in [0, 0.1) is 12.7 Å². The van der Waals surface area contributed by atoms with Gasteiger partial charge in [0.05, 0.1) is 18.9 Å². The minimum absolute atomic E-state index is 0.0705. The van der Waals surface area contributed by atoms with E-state index in [-0.39, 0.29) is 23.7 Å². The topological polar surface area (TPSA) is 64.8 Å². The summed E-state index contributed by atoms with van der Waals surface area (Å²) in [6.45, 7) is 2.19. The predicted octanol–water partition coefficient (Wildman–Crippen LogP) is 5.04. The smallest absolute Gasteiger partial charge is 0.341 e. The lowest BCUT2D eigenvalue weighted by Crippen LogP contribution is -2.38. The second-order valence-corrected chi connectivity index (χ2v) is 8.71. The van der Waals surface area contributed by atoms with E-state index in [1.165, 1.54) is 6.07 Å². The van der Waals surface area contributed by atoms with Crippen LogP contribution in [0.5, 0.6) is 17.2 Å². The molecule has 0 saturated heterocycles. The Bertz CT molecular complexity index is 1640. The van der Waals surface area contributed by atoms with Crippen LogP contribution in [0.15, 0.2) is 95.9 Å². The van der Waals surface area contributed by atoms with E-state index in [2.05, 4.69) is 0 Å². The summed E-state index contributed by atoms with van der Waals surface area (Å²) in [6.07, 6.45) is 1.92. The maximum Gasteiger partial charge on any atom is 0.341 e. The molecule has 0 unspecified atom stereocenters. The van der Waals surface area contributed by atoms with Crippen LogP contribution in [0.4, 0.5) is 4.39 Å². The molecule has 5 aromatic rings. The highest BCUT2D eigenvalue weighted by atomic mass is 19.1. The SMILES string of the molecule is COc1cc(Cn2c(=O)c(C)c(-c3ccc(O)cc3)[n+]3ccccc23)ccc1OCc1ccccc1F. The molecule has 0 aliphatic rings. The normalized spacial score (nSPS) is 11.0. The molecule has 0 spiro atoms. The minimum atomic E-state index is -0.326. The molecule has 6 nitrogen and oxygen atoms in total. The summed E-state index contributed by atoms with van der Waals surface area (Å²) in [5, 5.41) is 9.71. The van der Waals surface area contributed by atoms with Crippen molar-refractivity contribution >= 4 is 5.65 Å². The van der Waals surface area contributed by atoms with E-state index >= 15 is 0 Å². The lowest BCUT2D eigenvalue weighted by molar-refractivity contribution is -0.504. The third-order valence-corrected chi connectivity index (χ3v) is 6.33. The molecule has 186 valence electrons. The van der Waals surface area contributed by atoms with Crippen LogP contribution < -0.4 is 19.4 Å². The third-order valence-electron chi connectivity index (χ3n) is 6.33. The summed E-state index contributed by atoms with van der Waals surface area (Å²) in [5.74, 6) is 0.823. The number of halogens is 1. The maximum atomic E-state index is 14.0. The quantitative estimate of drug-likeness (QED) is 0.320. The van der Waals surface area contributed by atoms with Crippen molar-refractivity contribution in [3.05, 3.63) is 124 Å². The molecule has 2 aromatic heterocycles. The number of aromatic hydroxyl groups is 1. The first-order valence-electron chi connectivity index (χ1n) is 11.8. The van der Waals surface area contributed by atoms with Gasteiger partial charge in [-0.25, -0.2) is 9.18 Å². The number of rotatable bonds is 7. The molecule has 0 atom stereocenters. The second-order valence-electron chi connectivity index (χ2n) is 8.71. The summed E-state index contributed by atoms with van der Waals surface area (Å²) >= 11 is 0. The molecular weight excluding hydrogens is 471 g/mol. The Morgan fingerprint density at radius 3 is 2.46 bits per heavy atom. The van der Waals surface area contributed by atoms with Crippen LogP contribution in [0.25, 0.3) is 16.9 Å². The Morgan fingerprint density at radius 2 is 1.70 bits per heavy atom. The summed E-state index contributed by atoms with van der Waals surface area (Å²) in [6, 6.07) is 24.4. The van der Waals surface area contributed by atoms with Crippen molar-refractivity contribution < 1.29 is 23.4 Å². The van der Waals surface area contributed by atoms with Gasteiger partial charge in [-0.3, -0.25) is 0 Å². The molecule has 0 saturated carbocycles. The van der Waals surface area contributed by atoms with Gasteiger partial charge in [-0.15, -0.1) is 0 Å². The number of pyridine rings is 1. The largest absolute Gasteiger partial charge is 0.508 e. The van der Waals surface area contributed by atoms with Gasteiger partial charge in [-0.1, -0.05) is 30.3 Å². The molecule has 5 rings (SSSR count). The van der Waals surface area contributed by atoms with Gasteiger partial charge < -0.3 is 14.6 Å². The molecule has 1 N–H and O–H groups in total. The van der Waals surface area contributed by atoms with E-state index < -0.39 is 0 Å². The molecule has 0 aliphatic heterocycles. The van der Waals surface area contributed by atoms with Crippen LogP contribution in [-0.4, -0.2) is 16.8 Å². The molecule has 0 aliphatic carbocycles. The number of hydrogen-bond donors (Lipinski definition) is 1. The van der Waals surface area contributed by atoms with Gasteiger partial charge in [-0.05, 0) is 61.0 Å². The van der Waals surface area contributed by atoms with E-state index in [1.807, 2.05) is 40.9 Å². The zero-order valence-corrected chi connectivity index (χ0v) is 20.5. The Hall–Kier alpha value is -4.65. The highest BCUT2D eigenvalue weighted by Gasteiger charge is 2.23. The lowest BCUT2D eigenvalue weighted by Gasteiger charge is -2.13. The first-order valence-corrected chi connectivity index (χ1v) is 11.8. The van der Waals surface area contributed by atoms with Crippen molar-refractivity contribution in [3.63, 3.8) is 0 Å². The fourth-order valence-electron chi connectivity index (χ4n) is 4.44. The second kappa shape index (κ2) is 10.1. The van der Waals surface area contributed by atoms with Gasteiger partial charge in [0.15, 0.2) is 17.2 Å². The number of aromatic nitrogens is 2. The van der Waals surface area contributed by atoms with Gasteiger partial charge in [0.25, 0.3) is 5.65 Å². The van der Waals surface area contributed by atoms with Gasteiger partial charge in [0.1, 0.15) is 24.7 Å². The molecule has 0 fully saturated rings. The van der Waals surface area contributed by atoms with Crippen molar-refractivity contribution in [2.75, 3.05) is 7.11 Å². The Morgan fingerprint density at radius 1 is 0.946 bits per heavy atom. The van der Waals surface area contributed by atoms with Crippen molar-refractivity contribution in [1.82, 2.24) is 4.57 Å². The highest BCUT2D eigenvalue weighted by Crippen LogP contribution is 2.30. The van der Waals surface area contributed by atoms with Crippen LogP contribution in [-0.2, 0) is 13.2 Å². The third kappa shape index (κ3) is 4.76. The van der Waals surface area contributed by atoms with Crippen molar-refractivity contribution in [2.45, 2.75) is 20.1 Å². The molecule has 37 heavy (non-hydrogen) atoms. The van der Waals surface area contributed by atoms with Crippen molar-refractivity contribution in [1.29, 1.82) is 0 Å². The number of fused-ring (bicyclic) bond motifs is 1. The van der Waals surface area contributed by atoms with E-state index in [9.17, 15) is 14.3 Å². The van der Waals surface area contributed by atoms with E-state index in [0.29, 0.717) is 29.2 Å². The van der Waals surface area contributed by atoms with E-state index in [4.69, 9.17) is 9.47 Å². The molecule has 2 heterocycles. The number of benzene rings is 3. The minimum Gasteiger partial charge on any atom is -0.508 e. The summed E-state index contributed by atoms with van der Waals surface area (Å²) in [5.41, 5.74) is 4.09. The fourth-order valence-corrected chi connectivity index (χ4v) is 4.44. The first-order chi connectivity index (χ1) is 18.0. The van der Waals surface area contributed by atoms with Crippen LogP contribution >= 0.6 is 0 Å². The van der Waals surface area contributed by atoms with Crippen LogP contribution in [0.1, 0.15) is 16.7 Å².